The molecule has 4 unspecified atom stereocenters. The minimum absolute atomic E-state index is 0.134. The third kappa shape index (κ3) is 6.47. The van der Waals surface area contributed by atoms with E-state index in [0.29, 0.717) is 24.8 Å². The molecule has 178 valence electrons. The molecule has 2 aliphatic rings. The number of nitrogens with one attached hydrogen (secondary N) is 1. The van der Waals surface area contributed by atoms with Crippen molar-refractivity contribution in [3.63, 3.8) is 0 Å². The molecule has 4 atom stereocenters. The van der Waals surface area contributed by atoms with Crippen LogP contribution in [0.3, 0.4) is 0 Å². The molecule has 1 saturated carbocycles. The average Bonchev–Trinajstić information content (AvgIpc) is 3.06. The minimum Gasteiger partial charge on any atom is -0.497 e. The number of carbonyl (C=O) groups is 2. The summed E-state index contributed by atoms with van der Waals surface area (Å²) in [5.74, 6) is 2.36. The van der Waals surface area contributed by atoms with Gasteiger partial charge in [0, 0.05) is 38.6 Å². The van der Waals surface area contributed by atoms with Crippen LogP contribution in [0.5, 0.6) is 5.75 Å². The topological polar surface area (TPSA) is 61.9 Å². The molecule has 0 bridgehead atoms. The van der Waals surface area contributed by atoms with Crippen LogP contribution in [-0.4, -0.2) is 67.0 Å². The molecule has 1 aromatic carbocycles. The molecule has 0 aromatic heterocycles. The van der Waals surface area contributed by atoms with E-state index >= 15 is 0 Å². The second kappa shape index (κ2) is 11.7. The molecule has 0 spiro atoms. The summed E-state index contributed by atoms with van der Waals surface area (Å²) in [6, 6.07) is 8.04. The number of hydrogen-bond donors (Lipinski definition) is 1. The molecule has 0 radical (unpaired) electrons. The van der Waals surface area contributed by atoms with Gasteiger partial charge in [0.25, 0.3) is 0 Å². The van der Waals surface area contributed by atoms with E-state index < -0.39 is 0 Å². The van der Waals surface area contributed by atoms with Gasteiger partial charge in [-0.25, -0.2) is 0 Å². The molecule has 6 heteroatoms. The number of benzene rings is 1. The van der Waals surface area contributed by atoms with Crippen LogP contribution in [0.1, 0.15) is 58.4 Å². The predicted molar refractivity (Wildman–Crippen MR) is 128 cm³/mol. The Labute approximate surface area is 193 Å². The lowest BCUT2D eigenvalue weighted by Gasteiger charge is -2.36. The number of carbonyl (C=O) groups excluding carboxylic acids is 2. The van der Waals surface area contributed by atoms with Gasteiger partial charge in [-0.05, 0) is 55.7 Å². The molecule has 1 aliphatic heterocycles. The first kappa shape index (κ1) is 24.6. The van der Waals surface area contributed by atoms with Crippen molar-refractivity contribution in [2.45, 2.75) is 71.4 Å². The highest BCUT2D eigenvalue weighted by atomic mass is 16.5. The van der Waals surface area contributed by atoms with E-state index in [4.69, 9.17) is 4.74 Å². The Bertz CT molecular complexity index is 751. The van der Waals surface area contributed by atoms with Crippen LogP contribution in [0.4, 0.5) is 0 Å². The maximum absolute atomic E-state index is 13.0. The van der Waals surface area contributed by atoms with Crippen molar-refractivity contribution in [1.29, 1.82) is 0 Å². The largest absolute Gasteiger partial charge is 0.497 e. The summed E-state index contributed by atoms with van der Waals surface area (Å²) in [6.45, 7) is 9.63. The summed E-state index contributed by atoms with van der Waals surface area (Å²) in [6.07, 6.45) is 5.70. The Morgan fingerprint density at radius 1 is 1.06 bits per heavy atom. The average molecular weight is 444 g/mol. The number of nitrogens with zero attached hydrogens (tertiary/aromatic N) is 2. The Hall–Kier alpha value is -2.08. The predicted octanol–water partition coefficient (Wildman–Crippen LogP) is 3.49. The molecule has 1 saturated heterocycles. The van der Waals surface area contributed by atoms with Crippen molar-refractivity contribution in [3.8, 4) is 5.75 Å². The maximum atomic E-state index is 13.0. The summed E-state index contributed by atoms with van der Waals surface area (Å²) in [4.78, 5) is 30.0. The first-order valence-electron chi connectivity index (χ1n) is 12.3. The summed E-state index contributed by atoms with van der Waals surface area (Å²) in [7, 11) is 1.66. The standard InChI is InChI=1S/C26H41N3O3/c1-19-7-5-8-24(20(19)2)27-26(31)21(3)28-15-6-16-29(18-17-28)25(30)14-11-22-9-12-23(32-4)13-10-22/h9-10,12-13,19-21,24H,5-8,11,14-18H2,1-4H3,(H,27,31). The highest BCUT2D eigenvalue weighted by Crippen LogP contribution is 2.29. The summed E-state index contributed by atoms with van der Waals surface area (Å²) in [5.41, 5.74) is 1.15. The zero-order valence-corrected chi connectivity index (χ0v) is 20.3. The Kier molecular flexibility index (Phi) is 8.97. The van der Waals surface area contributed by atoms with Crippen molar-refractivity contribution < 1.29 is 14.3 Å². The smallest absolute Gasteiger partial charge is 0.237 e. The number of methoxy groups -OCH3 is 1. The SMILES string of the molecule is COc1ccc(CCC(=O)N2CCCN(C(C)C(=O)NC3CCCC(C)C3C)CC2)cc1. The van der Waals surface area contributed by atoms with E-state index in [0.717, 1.165) is 50.2 Å². The maximum Gasteiger partial charge on any atom is 0.237 e. The van der Waals surface area contributed by atoms with Gasteiger partial charge in [0.1, 0.15) is 5.75 Å². The zero-order chi connectivity index (χ0) is 23.1. The van der Waals surface area contributed by atoms with Gasteiger partial charge < -0.3 is 15.0 Å². The first-order chi connectivity index (χ1) is 15.4. The Morgan fingerprint density at radius 3 is 2.53 bits per heavy atom. The van der Waals surface area contributed by atoms with Crippen LogP contribution in [0.2, 0.25) is 0 Å². The van der Waals surface area contributed by atoms with Crippen molar-refractivity contribution in [2.75, 3.05) is 33.3 Å². The monoisotopic (exact) mass is 443 g/mol. The van der Waals surface area contributed by atoms with E-state index in [-0.39, 0.29) is 23.9 Å². The van der Waals surface area contributed by atoms with Gasteiger partial charge in [-0.1, -0.05) is 38.8 Å². The fraction of sp³-hybridized carbons (Fsp3) is 0.692. The van der Waals surface area contributed by atoms with Crippen molar-refractivity contribution in [1.82, 2.24) is 15.1 Å². The molecule has 1 N–H and O–H groups in total. The van der Waals surface area contributed by atoms with Gasteiger partial charge >= 0.3 is 0 Å². The normalized spacial score (nSPS) is 25.6. The second-order valence-electron chi connectivity index (χ2n) is 9.68. The lowest BCUT2D eigenvalue weighted by atomic mass is 9.78. The molecule has 6 nitrogen and oxygen atoms in total. The van der Waals surface area contributed by atoms with Crippen LogP contribution >= 0.6 is 0 Å². The van der Waals surface area contributed by atoms with Crippen LogP contribution in [0.25, 0.3) is 0 Å². The number of amides is 2. The molecule has 2 fully saturated rings. The second-order valence-corrected chi connectivity index (χ2v) is 9.68. The van der Waals surface area contributed by atoms with E-state index in [1.54, 1.807) is 7.11 Å². The molecule has 1 aromatic rings. The van der Waals surface area contributed by atoms with Gasteiger partial charge in [0.15, 0.2) is 0 Å². The molecular formula is C26H41N3O3. The zero-order valence-electron chi connectivity index (χ0n) is 20.3. The fourth-order valence-electron chi connectivity index (χ4n) is 5.03. The Morgan fingerprint density at radius 2 is 1.81 bits per heavy atom. The minimum atomic E-state index is -0.159. The quantitative estimate of drug-likeness (QED) is 0.701. The fourth-order valence-corrected chi connectivity index (χ4v) is 5.03. The summed E-state index contributed by atoms with van der Waals surface area (Å²) < 4.78 is 5.19. The van der Waals surface area contributed by atoms with Gasteiger partial charge in [0.2, 0.25) is 11.8 Å². The number of ether oxygens (including phenoxy) is 1. The molecule has 32 heavy (non-hydrogen) atoms. The molecular weight excluding hydrogens is 402 g/mol. The lowest BCUT2D eigenvalue weighted by molar-refractivity contribution is -0.131. The number of aryl methyl sites for hydroxylation is 1. The molecule has 3 rings (SSSR count). The van der Waals surface area contributed by atoms with E-state index in [1.165, 1.54) is 12.8 Å². The van der Waals surface area contributed by atoms with E-state index in [9.17, 15) is 9.59 Å². The van der Waals surface area contributed by atoms with E-state index in [1.807, 2.05) is 36.1 Å². The van der Waals surface area contributed by atoms with Crippen LogP contribution in [0, 0.1) is 11.8 Å². The van der Waals surface area contributed by atoms with Gasteiger partial charge in [-0.3, -0.25) is 14.5 Å². The van der Waals surface area contributed by atoms with Crippen LogP contribution < -0.4 is 10.1 Å². The van der Waals surface area contributed by atoms with Crippen LogP contribution in [-0.2, 0) is 16.0 Å². The number of hydrogen-bond acceptors (Lipinski definition) is 4. The Balaban J connectivity index is 1.45. The molecule has 1 heterocycles. The molecule has 1 aliphatic carbocycles. The first-order valence-corrected chi connectivity index (χ1v) is 12.3. The summed E-state index contributed by atoms with van der Waals surface area (Å²) >= 11 is 0. The van der Waals surface area contributed by atoms with Crippen molar-refractivity contribution >= 4 is 11.8 Å². The lowest BCUT2D eigenvalue weighted by Crippen LogP contribution is -2.52. The molecule has 2 amide bonds. The van der Waals surface area contributed by atoms with E-state index in [2.05, 4.69) is 24.1 Å². The highest BCUT2D eigenvalue weighted by molar-refractivity contribution is 5.81. The van der Waals surface area contributed by atoms with Gasteiger partial charge in [-0.2, -0.15) is 0 Å². The van der Waals surface area contributed by atoms with Gasteiger partial charge in [0.05, 0.1) is 13.2 Å². The summed E-state index contributed by atoms with van der Waals surface area (Å²) in [5, 5.41) is 3.33. The van der Waals surface area contributed by atoms with Crippen molar-refractivity contribution in [3.05, 3.63) is 29.8 Å². The third-order valence-electron chi connectivity index (χ3n) is 7.63. The highest BCUT2D eigenvalue weighted by Gasteiger charge is 2.31. The van der Waals surface area contributed by atoms with Crippen molar-refractivity contribution in [2.24, 2.45) is 11.8 Å². The van der Waals surface area contributed by atoms with Crippen LogP contribution in [0.15, 0.2) is 24.3 Å². The third-order valence-corrected chi connectivity index (χ3v) is 7.63. The number of rotatable bonds is 7. The van der Waals surface area contributed by atoms with Gasteiger partial charge in [-0.15, -0.1) is 0 Å².